The summed E-state index contributed by atoms with van der Waals surface area (Å²) in [5, 5.41) is 18.1. The fourth-order valence-corrected chi connectivity index (χ4v) is 1.45. The highest BCUT2D eigenvalue weighted by Crippen LogP contribution is 2.29. The van der Waals surface area contributed by atoms with E-state index in [2.05, 4.69) is 0 Å². The second-order valence-electron chi connectivity index (χ2n) is 3.53. The molecular formula is C11H13FO3. The molecular weight excluding hydrogens is 199 g/mol. The van der Waals surface area contributed by atoms with Crippen LogP contribution in [-0.2, 0) is 11.5 Å². The molecule has 0 spiro atoms. The number of alkyl halides is 1. The number of carboxylic acids is 1. The minimum absolute atomic E-state index is 0.0148. The molecule has 1 rings (SSSR count). The number of rotatable bonds is 4. The number of phenols is 1. The second kappa shape index (κ2) is 4.77. The lowest BCUT2D eigenvalue weighted by atomic mass is 9.95. The van der Waals surface area contributed by atoms with Gasteiger partial charge in [-0.05, 0) is 29.2 Å². The lowest BCUT2D eigenvalue weighted by molar-refractivity contribution is -0.137. The number of aliphatic carboxylic acids is 1. The van der Waals surface area contributed by atoms with Crippen LogP contribution in [0.2, 0.25) is 0 Å². The van der Waals surface area contributed by atoms with Gasteiger partial charge in [0.05, 0.1) is 6.42 Å². The van der Waals surface area contributed by atoms with Crippen LogP contribution in [0.15, 0.2) is 18.2 Å². The first-order valence-electron chi connectivity index (χ1n) is 4.64. The van der Waals surface area contributed by atoms with Crippen molar-refractivity contribution in [2.24, 2.45) is 0 Å². The molecule has 3 nitrogen and oxygen atoms in total. The summed E-state index contributed by atoms with van der Waals surface area (Å²) in [6.07, 6.45) is -0.0801. The van der Waals surface area contributed by atoms with Crippen molar-refractivity contribution in [3.63, 3.8) is 0 Å². The van der Waals surface area contributed by atoms with Gasteiger partial charge in [-0.3, -0.25) is 4.79 Å². The Morgan fingerprint density at radius 2 is 2.20 bits per heavy atom. The Hall–Kier alpha value is -1.58. The topological polar surface area (TPSA) is 57.5 Å². The van der Waals surface area contributed by atoms with Crippen LogP contribution in [0.25, 0.3) is 0 Å². The first-order valence-corrected chi connectivity index (χ1v) is 4.64. The van der Waals surface area contributed by atoms with Crippen LogP contribution in [0.4, 0.5) is 4.39 Å². The van der Waals surface area contributed by atoms with Gasteiger partial charge in [-0.1, -0.05) is 13.0 Å². The van der Waals surface area contributed by atoms with Crippen molar-refractivity contribution in [2.45, 2.75) is 25.9 Å². The molecule has 0 bridgehead atoms. The lowest BCUT2D eigenvalue weighted by Gasteiger charge is -2.12. The first-order chi connectivity index (χ1) is 7.04. The Labute approximate surface area is 87.2 Å². The summed E-state index contributed by atoms with van der Waals surface area (Å²) in [6.45, 7) is 1.07. The monoisotopic (exact) mass is 212 g/mol. The summed E-state index contributed by atoms with van der Waals surface area (Å²) in [7, 11) is 0. The Morgan fingerprint density at radius 3 is 2.73 bits per heavy atom. The van der Waals surface area contributed by atoms with E-state index in [9.17, 15) is 14.3 Å². The van der Waals surface area contributed by atoms with Crippen LogP contribution in [0.1, 0.15) is 30.4 Å². The van der Waals surface area contributed by atoms with Crippen LogP contribution in [0.5, 0.6) is 5.75 Å². The van der Waals surface area contributed by atoms with E-state index in [4.69, 9.17) is 5.11 Å². The van der Waals surface area contributed by atoms with E-state index in [-0.39, 0.29) is 18.1 Å². The number of benzene rings is 1. The summed E-state index contributed by atoms with van der Waals surface area (Å²) in [6, 6.07) is 4.37. The molecule has 0 saturated carbocycles. The quantitative estimate of drug-likeness (QED) is 0.805. The first kappa shape index (κ1) is 11.5. The zero-order valence-corrected chi connectivity index (χ0v) is 8.40. The average molecular weight is 212 g/mol. The average Bonchev–Trinajstić information content (AvgIpc) is 2.17. The van der Waals surface area contributed by atoms with Gasteiger partial charge in [-0.2, -0.15) is 0 Å². The molecule has 4 heteroatoms. The van der Waals surface area contributed by atoms with Crippen LogP contribution in [0, 0.1) is 0 Å². The predicted molar refractivity (Wildman–Crippen MR) is 53.6 cm³/mol. The highest BCUT2D eigenvalue weighted by molar-refractivity contribution is 5.68. The van der Waals surface area contributed by atoms with Gasteiger partial charge < -0.3 is 10.2 Å². The standard InChI is InChI=1S/C11H13FO3/c1-7(4-11(14)15)9-5-8(6-12)2-3-10(9)13/h2-3,5,7,13H,4,6H2,1H3,(H,14,15). The third-order valence-corrected chi connectivity index (χ3v) is 2.26. The van der Waals surface area contributed by atoms with Crippen LogP contribution in [-0.4, -0.2) is 16.2 Å². The number of carbonyl (C=O) groups is 1. The van der Waals surface area contributed by atoms with Crippen molar-refractivity contribution < 1.29 is 19.4 Å². The van der Waals surface area contributed by atoms with E-state index in [1.54, 1.807) is 6.92 Å². The maximum atomic E-state index is 12.4. The Balaban J connectivity index is 2.95. The summed E-state index contributed by atoms with van der Waals surface area (Å²) in [5.74, 6) is -1.25. The fourth-order valence-electron chi connectivity index (χ4n) is 1.45. The maximum Gasteiger partial charge on any atom is 0.303 e. The van der Waals surface area contributed by atoms with Crippen molar-refractivity contribution in [3.05, 3.63) is 29.3 Å². The molecule has 0 heterocycles. The lowest BCUT2D eigenvalue weighted by Crippen LogP contribution is -2.03. The molecule has 2 N–H and O–H groups in total. The van der Waals surface area contributed by atoms with E-state index in [1.807, 2.05) is 0 Å². The highest BCUT2D eigenvalue weighted by atomic mass is 19.1. The van der Waals surface area contributed by atoms with Gasteiger partial charge in [0.2, 0.25) is 0 Å². The number of aromatic hydroxyl groups is 1. The molecule has 0 saturated heterocycles. The Morgan fingerprint density at radius 1 is 1.53 bits per heavy atom. The van der Waals surface area contributed by atoms with Gasteiger partial charge >= 0.3 is 5.97 Å². The molecule has 0 aromatic heterocycles. The van der Waals surface area contributed by atoms with Crippen molar-refractivity contribution in [3.8, 4) is 5.75 Å². The van der Waals surface area contributed by atoms with E-state index in [0.717, 1.165) is 0 Å². The van der Waals surface area contributed by atoms with Gasteiger partial charge in [0.25, 0.3) is 0 Å². The minimum Gasteiger partial charge on any atom is -0.508 e. The Bertz CT molecular complexity index is 363. The third kappa shape index (κ3) is 2.94. The normalized spacial score (nSPS) is 12.4. The molecule has 0 aliphatic heterocycles. The molecule has 82 valence electrons. The summed E-state index contributed by atoms with van der Waals surface area (Å²) >= 11 is 0. The largest absolute Gasteiger partial charge is 0.508 e. The molecule has 0 aliphatic rings. The molecule has 0 amide bonds. The zero-order chi connectivity index (χ0) is 11.4. The van der Waals surface area contributed by atoms with E-state index < -0.39 is 12.6 Å². The number of halogens is 1. The summed E-state index contributed by atoms with van der Waals surface area (Å²) in [5.41, 5.74) is 0.924. The van der Waals surface area contributed by atoms with Gasteiger partial charge in [0.15, 0.2) is 0 Å². The fraction of sp³-hybridized carbons (Fsp3) is 0.364. The maximum absolute atomic E-state index is 12.4. The predicted octanol–water partition coefficient (Wildman–Crippen LogP) is 2.44. The third-order valence-electron chi connectivity index (χ3n) is 2.26. The van der Waals surface area contributed by atoms with Crippen molar-refractivity contribution in [1.82, 2.24) is 0 Å². The minimum atomic E-state index is -0.937. The highest BCUT2D eigenvalue weighted by Gasteiger charge is 2.14. The van der Waals surface area contributed by atoms with Crippen molar-refractivity contribution in [2.75, 3.05) is 0 Å². The summed E-state index contributed by atoms with van der Waals surface area (Å²) < 4.78 is 12.4. The van der Waals surface area contributed by atoms with Crippen molar-refractivity contribution >= 4 is 5.97 Å². The van der Waals surface area contributed by atoms with E-state index in [1.165, 1.54) is 18.2 Å². The van der Waals surface area contributed by atoms with E-state index in [0.29, 0.717) is 11.1 Å². The van der Waals surface area contributed by atoms with Crippen LogP contribution < -0.4 is 0 Å². The molecule has 15 heavy (non-hydrogen) atoms. The second-order valence-corrected chi connectivity index (χ2v) is 3.53. The van der Waals surface area contributed by atoms with E-state index >= 15 is 0 Å². The number of phenolic OH excluding ortho intramolecular Hbond substituents is 1. The van der Waals surface area contributed by atoms with Crippen molar-refractivity contribution in [1.29, 1.82) is 0 Å². The number of carboxylic acid groups (broad SMARTS) is 1. The molecule has 1 aromatic carbocycles. The van der Waals surface area contributed by atoms with Gasteiger partial charge in [-0.15, -0.1) is 0 Å². The van der Waals surface area contributed by atoms with Gasteiger partial charge in [0, 0.05) is 0 Å². The smallest absolute Gasteiger partial charge is 0.303 e. The molecule has 0 aliphatic carbocycles. The molecule has 1 unspecified atom stereocenters. The summed E-state index contributed by atoms with van der Waals surface area (Å²) in [4.78, 5) is 10.5. The molecule has 1 atom stereocenters. The molecule has 1 aromatic rings. The van der Waals surface area contributed by atoms with Crippen LogP contribution in [0.3, 0.4) is 0 Å². The number of hydrogen-bond donors (Lipinski definition) is 2. The van der Waals surface area contributed by atoms with Crippen LogP contribution >= 0.6 is 0 Å². The SMILES string of the molecule is CC(CC(=O)O)c1cc(CF)ccc1O. The van der Waals surface area contributed by atoms with Gasteiger partial charge in [0.1, 0.15) is 12.4 Å². The Kier molecular flexibility index (Phi) is 3.66. The van der Waals surface area contributed by atoms with Gasteiger partial charge in [-0.25, -0.2) is 4.39 Å². The zero-order valence-electron chi connectivity index (χ0n) is 8.40. The number of hydrogen-bond acceptors (Lipinski definition) is 2. The molecule has 0 fully saturated rings. The molecule has 0 radical (unpaired) electrons.